The van der Waals surface area contributed by atoms with Crippen molar-refractivity contribution in [1.82, 2.24) is 15.6 Å². The number of aromatic nitrogens is 1. The molecule has 0 amide bonds. The second-order valence-corrected chi connectivity index (χ2v) is 6.89. The Kier molecular flexibility index (Phi) is 8.42. The average molecular weight is 327 g/mol. The van der Waals surface area contributed by atoms with E-state index < -0.39 is 0 Å². The number of thiazole rings is 1. The molecule has 6 heteroatoms. The molecule has 0 saturated carbocycles. The molecule has 22 heavy (non-hydrogen) atoms. The predicted molar refractivity (Wildman–Crippen MR) is 94.4 cm³/mol. The maximum absolute atomic E-state index is 9.31. The SMILES string of the molecule is CCNC(=NCc1cnc(C)s1)NCC(CC)(CC)CCO. The van der Waals surface area contributed by atoms with Crippen molar-refractivity contribution in [1.29, 1.82) is 0 Å². The molecule has 0 saturated heterocycles. The molecule has 0 aliphatic carbocycles. The van der Waals surface area contributed by atoms with Crippen molar-refractivity contribution >= 4 is 17.3 Å². The van der Waals surface area contributed by atoms with Gasteiger partial charge < -0.3 is 15.7 Å². The highest BCUT2D eigenvalue weighted by molar-refractivity contribution is 7.11. The Morgan fingerprint density at radius 1 is 1.32 bits per heavy atom. The Morgan fingerprint density at radius 2 is 2.05 bits per heavy atom. The molecule has 126 valence electrons. The van der Waals surface area contributed by atoms with Crippen molar-refractivity contribution in [2.75, 3.05) is 19.7 Å². The summed E-state index contributed by atoms with van der Waals surface area (Å²) in [5, 5.41) is 17.1. The normalized spacial score (nSPS) is 12.5. The smallest absolute Gasteiger partial charge is 0.191 e. The summed E-state index contributed by atoms with van der Waals surface area (Å²) in [6.07, 6.45) is 4.80. The fraction of sp³-hybridized carbons (Fsp3) is 0.750. The van der Waals surface area contributed by atoms with Crippen molar-refractivity contribution < 1.29 is 5.11 Å². The molecule has 0 fully saturated rings. The van der Waals surface area contributed by atoms with Gasteiger partial charge in [0, 0.05) is 30.8 Å². The highest BCUT2D eigenvalue weighted by Crippen LogP contribution is 2.29. The highest BCUT2D eigenvalue weighted by Gasteiger charge is 2.25. The molecule has 1 rings (SSSR count). The van der Waals surface area contributed by atoms with E-state index in [0.29, 0.717) is 6.54 Å². The Balaban J connectivity index is 2.66. The van der Waals surface area contributed by atoms with Gasteiger partial charge >= 0.3 is 0 Å². The molecule has 1 heterocycles. The molecule has 0 aliphatic rings. The van der Waals surface area contributed by atoms with Gasteiger partial charge in [-0.05, 0) is 38.5 Å². The predicted octanol–water partition coefficient (Wildman–Crippen LogP) is 2.70. The van der Waals surface area contributed by atoms with Gasteiger partial charge in [-0.2, -0.15) is 0 Å². The number of guanidine groups is 1. The van der Waals surface area contributed by atoms with Crippen LogP contribution >= 0.6 is 11.3 Å². The monoisotopic (exact) mass is 326 g/mol. The molecular weight excluding hydrogens is 296 g/mol. The van der Waals surface area contributed by atoms with Gasteiger partial charge in [-0.15, -0.1) is 11.3 Å². The molecule has 0 spiro atoms. The van der Waals surface area contributed by atoms with Crippen LogP contribution in [0.4, 0.5) is 0 Å². The van der Waals surface area contributed by atoms with E-state index >= 15 is 0 Å². The van der Waals surface area contributed by atoms with Gasteiger partial charge in [0.05, 0.1) is 11.6 Å². The zero-order chi connectivity index (χ0) is 16.4. The number of hydrogen-bond acceptors (Lipinski definition) is 4. The average Bonchev–Trinajstić information content (AvgIpc) is 2.94. The number of hydrogen-bond donors (Lipinski definition) is 3. The highest BCUT2D eigenvalue weighted by atomic mass is 32.1. The number of aliphatic hydroxyl groups excluding tert-OH is 1. The van der Waals surface area contributed by atoms with E-state index in [1.807, 2.05) is 13.1 Å². The first kappa shape index (κ1) is 18.9. The van der Waals surface area contributed by atoms with E-state index in [1.165, 1.54) is 4.88 Å². The van der Waals surface area contributed by atoms with Crippen molar-refractivity contribution in [3.63, 3.8) is 0 Å². The standard InChI is InChI=1S/C16H30N4OS/c1-5-16(6-2,8-9-21)12-20-15(17-7-3)19-11-14-10-18-13(4)22-14/h10,21H,5-9,11-12H2,1-4H3,(H2,17,19,20). The number of aliphatic hydroxyl groups is 1. The quantitative estimate of drug-likeness (QED) is 0.482. The molecule has 0 aliphatic heterocycles. The van der Waals surface area contributed by atoms with Crippen LogP contribution in [0.2, 0.25) is 0 Å². The second-order valence-electron chi connectivity index (χ2n) is 5.58. The molecule has 1 aromatic rings. The van der Waals surface area contributed by atoms with Crippen LogP contribution in [0.5, 0.6) is 0 Å². The van der Waals surface area contributed by atoms with Gasteiger partial charge in [0.2, 0.25) is 0 Å². The molecule has 0 bridgehead atoms. The lowest BCUT2D eigenvalue weighted by Gasteiger charge is -2.32. The Hall–Kier alpha value is -1.14. The van der Waals surface area contributed by atoms with E-state index in [9.17, 15) is 5.11 Å². The third-order valence-corrected chi connectivity index (χ3v) is 5.08. The second kappa shape index (κ2) is 9.79. The molecule has 0 radical (unpaired) electrons. The summed E-state index contributed by atoms with van der Waals surface area (Å²) in [6, 6.07) is 0. The Bertz CT molecular complexity index is 455. The number of aliphatic imine (C=N–C) groups is 1. The van der Waals surface area contributed by atoms with E-state index in [0.717, 1.165) is 43.3 Å². The number of nitrogens with one attached hydrogen (secondary N) is 2. The lowest BCUT2D eigenvalue weighted by atomic mass is 9.79. The zero-order valence-electron chi connectivity index (χ0n) is 14.3. The van der Waals surface area contributed by atoms with Gasteiger partial charge in [0.15, 0.2) is 5.96 Å². The van der Waals surface area contributed by atoms with Crippen molar-refractivity contribution in [2.45, 2.75) is 53.5 Å². The van der Waals surface area contributed by atoms with Gasteiger partial charge in [-0.3, -0.25) is 0 Å². The van der Waals surface area contributed by atoms with E-state index in [-0.39, 0.29) is 12.0 Å². The molecule has 3 N–H and O–H groups in total. The number of nitrogens with zero attached hydrogens (tertiary/aromatic N) is 2. The van der Waals surface area contributed by atoms with Crippen LogP contribution in [0.25, 0.3) is 0 Å². The molecule has 5 nitrogen and oxygen atoms in total. The minimum Gasteiger partial charge on any atom is -0.396 e. The maximum atomic E-state index is 9.31. The first-order valence-electron chi connectivity index (χ1n) is 8.13. The Labute approximate surface area is 138 Å². The lowest BCUT2D eigenvalue weighted by molar-refractivity contribution is 0.169. The third kappa shape index (κ3) is 5.93. The zero-order valence-corrected chi connectivity index (χ0v) is 15.1. The van der Waals surface area contributed by atoms with Crippen LogP contribution in [0.1, 0.15) is 49.9 Å². The fourth-order valence-electron chi connectivity index (χ4n) is 2.43. The van der Waals surface area contributed by atoms with Crippen LogP contribution in [-0.4, -0.2) is 35.7 Å². The van der Waals surface area contributed by atoms with Gasteiger partial charge in [0.1, 0.15) is 0 Å². The minimum atomic E-state index is 0.131. The van der Waals surface area contributed by atoms with Crippen molar-refractivity contribution in [3.05, 3.63) is 16.1 Å². The third-order valence-electron chi connectivity index (χ3n) is 4.18. The molecule has 1 aromatic heterocycles. The van der Waals surface area contributed by atoms with Crippen molar-refractivity contribution in [3.8, 4) is 0 Å². The van der Waals surface area contributed by atoms with Crippen LogP contribution in [-0.2, 0) is 6.54 Å². The first-order valence-corrected chi connectivity index (χ1v) is 8.95. The van der Waals surface area contributed by atoms with Crippen LogP contribution in [0.3, 0.4) is 0 Å². The summed E-state index contributed by atoms with van der Waals surface area (Å²) in [6.45, 7) is 11.0. The summed E-state index contributed by atoms with van der Waals surface area (Å²) in [5.74, 6) is 0.831. The summed E-state index contributed by atoms with van der Waals surface area (Å²) in [7, 11) is 0. The number of rotatable bonds is 9. The summed E-state index contributed by atoms with van der Waals surface area (Å²) in [5.41, 5.74) is 0.131. The van der Waals surface area contributed by atoms with Gasteiger partial charge in [0.25, 0.3) is 0 Å². The summed E-state index contributed by atoms with van der Waals surface area (Å²) in [4.78, 5) is 10.1. The van der Waals surface area contributed by atoms with Gasteiger partial charge in [-0.1, -0.05) is 13.8 Å². The molecule has 0 atom stereocenters. The fourth-order valence-corrected chi connectivity index (χ4v) is 3.15. The lowest BCUT2D eigenvalue weighted by Crippen LogP contribution is -2.43. The number of aryl methyl sites for hydroxylation is 1. The Morgan fingerprint density at radius 3 is 2.55 bits per heavy atom. The molecular formula is C16H30N4OS. The molecule has 0 aromatic carbocycles. The maximum Gasteiger partial charge on any atom is 0.191 e. The van der Waals surface area contributed by atoms with Crippen LogP contribution in [0.15, 0.2) is 11.2 Å². The van der Waals surface area contributed by atoms with E-state index in [2.05, 4.69) is 41.4 Å². The van der Waals surface area contributed by atoms with E-state index in [4.69, 9.17) is 0 Å². The largest absolute Gasteiger partial charge is 0.396 e. The van der Waals surface area contributed by atoms with Crippen LogP contribution < -0.4 is 10.6 Å². The van der Waals surface area contributed by atoms with Crippen molar-refractivity contribution in [2.24, 2.45) is 10.4 Å². The first-order chi connectivity index (χ1) is 10.6. The van der Waals surface area contributed by atoms with Crippen LogP contribution in [0, 0.1) is 12.3 Å². The minimum absolute atomic E-state index is 0.131. The van der Waals surface area contributed by atoms with E-state index in [1.54, 1.807) is 11.3 Å². The topological polar surface area (TPSA) is 69.5 Å². The van der Waals surface area contributed by atoms with Gasteiger partial charge in [-0.25, -0.2) is 9.98 Å². The molecule has 0 unspecified atom stereocenters. The summed E-state index contributed by atoms with van der Waals surface area (Å²) >= 11 is 1.68. The summed E-state index contributed by atoms with van der Waals surface area (Å²) < 4.78 is 0.